The molecule has 5 rings (SSSR count). The van der Waals surface area contributed by atoms with Gasteiger partial charge in [-0.1, -0.05) is 64.5 Å². The summed E-state index contributed by atoms with van der Waals surface area (Å²) in [4.78, 5) is 26.4. The van der Waals surface area contributed by atoms with E-state index in [0.717, 1.165) is 29.5 Å². The van der Waals surface area contributed by atoms with Crippen LogP contribution in [0.2, 0.25) is 0 Å². The van der Waals surface area contributed by atoms with E-state index in [0.29, 0.717) is 16.7 Å². The second kappa shape index (κ2) is 7.85. The molecule has 31 heavy (non-hydrogen) atoms. The third-order valence-corrected chi connectivity index (χ3v) is 6.50. The van der Waals surface area contributed by atoms with Crippen molar-refractivity contribution in [2.75, 3.05) is 18.1 Å². The summed E-state index contributed by atoms with van der Waals surface area (Å²) in [5.41, 5.74) is 6.01. The first kappa shape index (κ1) is 19.8. The first-order valence-electron chi connectivity index (χ1n) is 10.2. The van der Waals surface area contributed by atoms with Crippen LogP contribution in [-0.4, -0.2) is 30.3 Å². The molecule has 0 radical (unpaired) electrons. The minimum Gasteiger partial charge on any atom is -0.478 e. The van der Waals surface area contributed by atoms with E-state index < -0.39 is 12.1 Å². The summed E-state index contributed by atoms with van der Waals surface area (Å²) < 4.78 is 6.48. The Kier molecular flexibility index (Phi) is 5.02. The van der Waals surface area contributed by atoms with Crippen LogP contribution in [0.4, 0.5) is 10.5 Å². The number of halogens is 1. The van der Waals surface area contributed by atoms with Crippen LogP contribution < -0.4 is 4.90 Å². The lowest BCUT2D eigenvalue weighted by atomic mass is 9.97. The molecule has 6 heteroatoms. The lowest BCUT2D eigenvalue weighted by Gasteiger charge is -2.30. The maximum atomic E-state index is 13.1. The normalized spacial score (nSPS) is 14.5. The molecule has 0 bridgehead atoms. The highest BCUT2D eigenvalue weighted by molar-refractivity contribution is 9.10. The zero-order valence-corrected chi connectivity index (χ0v) is 18.3. The molecule has 0 fully saturated rings. The van der Waals surface area contributed by atoms with Gasteiger partial charge in [-0.3, -0.25) is 4.90 Å². The number of anilines is 1. The number of aromatic carboxylic acids is 1. The van der Waals surface area contributed by atoms with E-state index in [1.54, 1.807) is 0 Å². The number of ether oxygens (including phenoxy) is 1. The van der Waals surface area contributed by atoms with Crippen molar-refractivity contribution < 1.29 is 19.4 Å². The molecule has 5 nitrogen and oxygen atoms in total. The molecule has 0 saturated carbocycles. The van der Waals surface area contributed by atoms with Crippen LogP contribution in [0, 0.1) is 0 Å². The first-order chi connectivity index (χ1) is 15.0. The molecule has 3 aromatic carbocycles. The van der Waals surface area contributed by atoms with E-state index in [2.05, 4.69) is 40.2 Å². The highest BCUT2D eigenvalue weighted by Crippen LogP contribution is 2.44. The van der Waals surface area contributed by atoms with E-state index in [4.69, 9.17) is 4.74 Å². The molecule has 0 spiro atoms. The van der Waals surface area contributed by atoms with Crippen LogP contribution in [0.25, 0.3) is 11.1 Å². The van der Waals surface area contributed by atoms with Gasteiger partial charge < -0.3 is 9.84 Å². The lowest BCUT2D eigenvalue weighted by molar-refractivity contribution is 0.0697. The Bertz CT molecular complexity index is 1160. The van der Waals surface area contributed by atoms with Crippen molar-refractivity contribution in [3.05, 3.63) is 87.4 Å². The molecule has 2 aliphatic rings. The summed E-state index contributed by atoms with van der Waals surface area (Å²) >= 11 is 3.37. The topological polar surface area (TPSA) is 66.8 Å². The van der Waals surface area contributed by atoms with Crippen LogP contribution >= 0.6 is 15.9 Å². The van der Waals surface area contributed by atoms with Crippen LogP contribution in [0.15, 0.2) is 65.1 Å². The molecule has 156 valence electrons. The molecule has 1 N–H and O–H groups in total. The average molecular weight is 478 g/mol. The average Bonchev–Trinajstić information content (AvgIpc) is 3.10. The van der Waals surface area contributed by atoms with Gasteiger partial charge in [0.25, 0.3) is 0 Å². The number of hydrogen-bond acceptors (Lipinski definition) is 3. The van der Waals surface area contributed by atoms with Gasteiger partial charge in [-0.2, -0.15) is 0 Å². The van der Waals surface area contributed by atoms with Crippen LogP contribution in [-0.2, 0) is 11.2 Å². The van der Waals surface area contributed by atoms with Gasteiger partial charge in [0.15, 0.2) is 0 Å². The van der Waals surface area contributed by atoms with Crippen molar-refractivity contribution >= 4 is 33.7 Å². The van der Waals surface area contributed by atoms with Crippen molar-refractivity contribution in [2.24, 2.45) is 0 Å². The summed E-state index contributed by atoms with van der Waals surface area (Å²) in [6.45, 7) is 0.642. The fourth-order valence-electron chi connectivity index (χ4n) is 4.72. The number of carbonyl (C=O) groups excluding carboxylic acids is 1. The highest BCUT2D eigenvalue weighted by atomic mass is 79.9. The molecule has 0 saturated heterocycles. The van der Waals surface area contributed by atoms with Gasteiger partial charge in [0, 0.05) is 16.9 Å². The largest absolute Gasteiger partial charge is 0.478 e. The summed E-state index contributed by atoms with van der Waals surface area (Å²) in [5.74, 6) is -1.10. The van der Waals surface area contributed by atoms with Gasteiger partial charge in [-0.15, -0.1) is 0 Å². The Morgan fingerprint density at radius 1 is 1.03 bits per heavy atom. The number of aryl methyl sites for hydroxylation is 1. The Morgan fingerprint density at radius 3 is 2.32 bits per heavy atom. The highest BCUT2D eigenvalue weighted by Gasteiger charge is 2.32. The molecule has 1 aliphatic carbocycles. The third-order valence-electron chi connectivity index (χ3n) is 6.04. The van der Waals surface area contributed by atoms with E-state index in [-0.39, 0.29) is 18.1 Å². The number of carboxylic acids is 1. The van der Waals surface area contributed by atoms with Gasteiger partial charge in [-0.05, 0) is 52.8 Å². The van der Waals surface area contributed by atoms with E-state index in [1.165, 1.54) is 22.1 Å². The second-order valence-corrected chi connectivity index (χ2v) is 8.74. The predicted octanol–water partition coefficient (Wildman–Crippen LogP) is 5.85. The fourth-order valence-corrected chi connectivity index (χ4v) is 5.23. The quantitative estimate of drug-likeness (QED) is 0.513. The number of nitrogens with zero attached hydrogens (tertiary/aromatic N) is 1. The molecule has 3 aromatic rings. The maximum Gasteiger partial charge on any atom is 0.414 e. The van der Waals surface area contributed by atoms with Gasteiger partial charge in [0.2, 0.25) is 0 Å². The standard InChI is InChI=1S/C25H20BrNO4/c26-16-12-15-6-5-11-27(23(15)21(13-16)24(28)29)25(30)31-14-22-19-9-3-1-7-17(19)18-8-2-4-10-20(18)22/h1-4,7-10,12-13,22H,5-6,11,14H2,(H,28,29). The molecule has 0 atom stereocenters. The minimum absolute atomic E-state index is 0.0375. The second-order valence-electron chi connectivity index (χ2n) is 7.83. The minimum atomic E-state index is -1.06. The summed E-state index contributed by atoms with van der Waals surface area (Å²) in [7, 11) is 0. The molecule has 1 amide bonds. The molecule has 1 aliphatic heterocycles. The van der Waals surface area contributed by atoms with Crippen LogP contribution in [0.5, 0.6) is 0 Å². The molecular formula is C25H20BrNO4. The van der Waals surface area contributed by atoms with Gasteiger partial charge in [0.05, 0.1) is 11.3 Å². The zero-order chi connectivity index (χ0) is 21.5. The number of rotatable bonds is 3. The van der Waals surface area contributed by atoms with Crippen molar-refractivity contribution in [3.63, 3.8) is 0 Å². The monoisotopic (exact) mass is 477 g/mol. The lowest BCUT2D eigenvalue weighted by Crippen LogP contribution is -2.37. The zero-order valence-electron chi connectivity index (χ0n) is 16.7. The van der Waals surface area contributed by atoms with Crippen molar-refractivity contribution in [1.82, 2.24) is 0 Å². The summed E-state index contributed by atoms with van der Waals surface area (Å²) in [6, 6.07) is 19.8. The molecule has 0 aromatic heterocycles. The molecule has 1 heterocycles. The summed E-state index contributed by atoms with van der Waals surface area (Å²) in [5, 5.41) is 9.69. The smallest absolute Gasteiger partial charge is 0.414 e. The number of hydrogen-bond donors (Lipinski definition) is 1. The van der Waals surface area contributed by atoms with Crippen molar-refractivity contribution in [1.29, 1.82) is 0 Å². The molecular weight excluding hydrogens is 458 g/mol. The van der Waals surface area contributed by atoms with Gasteiger partial charge in [-0.25, -0.2) is 9.59 Å². The number of benzene rings is 3. The number of carboxylic acid groups (broad SMARTS) is 1. The third kappa shape index (κ3) is 3.41. The Balaban J connectivity index is 1.43. The first-order valence-corrected chi connectivity index (χ1v) is 11.0. The Labute approximate surface area is 188 Å². The van der Waals surface area contributed by atoms with Gasteiger partial charge >= 0.3 is 12.1 Å². The Hall–Kier alpha value is -3.12. The van der Waals surface area contributed by atoms with E-state index >= 15 is 0 Å². The number of carbonyl (C=O) groups is 2. The fraction of sp³-hybridized carbons (Fsp3) is 0.200. The van der Waals surface area contributed by atoms with Crippen LogP contribution in [0.1, 0.15) is 39.4 Å². The Morgan fingerprint density at radius 2 is 1.68 bits per heavy atom. The SMILES string of the molecule is O=C(O)c1cc(Br)cc2c1N(C(=O)OCC1c3ccccc3-c3ccccc31)CCC2. The number of amides is 1. The predicted molar refractivity (Wildman–Crippen MR) is 122 cm³/mol. The van der Waals surface area contributed by atoms with Crippen molar-refractivity contribution in [3.8, 4) is 11.1 Å². The number of fused-ring (bicyclic) bond motifs is 4. The van der Waals surface area contributed by atoms with E-state index in [9.17, 15) is 14.7 Å². The van der Waals surface area contributed by atoms with Gasteiger partial charge in [0.1, 0.15) is 6.61 Å². The summed E-state index contributed by atoms with van der Waals surface area (Å²) in [6.07, 6.45) is 0.974. The van der Waals surface area contributed by atoms with Crippen molar-refractivity contribution in [2.45, 2.75) is 18.8 Å². The van der Waals surface area contributed by atoms with Crippen LogP contribution in [0.3, 0.4) is 0 Å². The maximum absolute atomic E-state index is 13.1. The molecule has 0 unspecified atom stereocenters. The van der Waals surface area contributed by atoms with E-state index in [1.807, 2.05) is 30.3 Å².